The van der Waals surface area contributed by atoms with E-state index in [-0.39, 0.29) is 24.3 Å². The summed E-state index contributed by atoms with van der Waals surface area (Å²) >= 11 is 0. The average Bonchev–Trinajstić information content (AvgIpc) is 3.29. The first-order chi connectivity index (χ1) is 17.0. The maximum atomic E-state index is 13.4. The molecule has 5 rings (SSSR count). The molecule has 0 aliphatic carbocycles. The van der Waals surface area contributed by atoms with Crippen molar-refractivity contribution >= 4 is 10.8 Å². The third-order valence-corrected chi connectivity index (χ3v) is 6.24. The van der Waals surface area contributed by atoms with Gasteiger partial charge < -0.3 is 23.9 Å². The van der Waals surface area contributed by atoms with Gasteiger partial charge in [-0.15, -0.1) is 0 Å². The summed E-state index contributed by atoms with van der Waals surface area (Å²) < 4.78 is 43.8. The monoisotopic (exact) mass is 479 g/mol. The Labute approximate surface area is 202 Å². The number of aliphatic hydroxyl groups is 1. The summed E-state index contributed by atoms with van der Waals surface area (Å²) in [7, 11) is 0. The molecule has 1 aromatic heterocycles. The zero-order valence-electron chi connectivity index (χ0n) is 19.2. The molecule has 3 aromatic carbocycles. The lowest BCUT2D eigenvalue weighted by Crippen LogP contribution is -2.43. The number of β-amino-alcohol motifs (C(OH)–C–C–N with tert-alkyl or cyclic N) is 1. The van der Waals surface area contributed by atoms with Crippen LogP contribution < -0.4 is 9.47 Å². The van der Waals surface area contributed by atoms with Gasteiger partial charge in [-0.05, 0) is 79.6 Å². The Morgan fingerprint density at radius 1 is 0.914 bits per heavy atom. The summed E-state index contributed by atoms with van der Waals surface area (Å²) in [5.41, 5.74) is 0.866. The highest BCUT2D eigenvalue weighted by molar-refractivity contribution is 5.94. The zero-order chi connectivity index (χ0) is 24.2. The van der Waals surface area contributed by atoms with Crippen LogP contribution in [0.3, 0.4) is 0 Å². The van der Waals surface area contributed by atoms with Crippen LogP contribution in [-0.2, 0) is 0 Å². The van der Waals surface area contributed by atoms with Gasteiger partial charge in [0.1, 0.15) is 47.7 Å². The van der Waals surface area contributed by atoms with Crippen molar-refractivity contribution in [3.8, 4) is 22.8 Å². The van der Waals surface area contributed by atoms with Gasteiger partial charge >= 0.3 is 0 Å². The Balaban J connectivity index is 1.07. The Kier molecular flexibility index (Phi) is 6.97. The molecule has 0 bridgehead atoms. The quantitative estimate of drug-likeness (QED) is 0.353. The molecule has 0 unspecified atom stereocenters. The Morgan fingerprint density at radius 3 is 2.34 bits per heavy atom. The molecule has 0 amide bonds. The van der Waals surface area contributed by atoms with Gasteiger partial charge in [0.15, 0.2) is 0 Å². The van der Waals surface area contributed by atoms with Gasteiger partial charge in [-0.1, -0.05) is 0 Å². The summed E-state index contributed by atoms with van der Waals surface area (Å²) in [6, 6.07) is 18.1. The van der Waals surface area contributed by atoms with Crippen LogP contribution in [0.15, 0.2) is 77.4 Å². The van der Waals surface area contributed by atoms with Crippen molar-refractivity contribution < 1.29 is 27.8 Å². The Morgan fingerprint density at radius 2 is 1.60 bits per heavy atom. The number of benzene rings is 3. The largest absolute Gasteiger partial charge is 0.491 e. The molecular weight excluding hydrogens is 452 g/mol. The van der Waals surface area contributed by atoms with E-state index in [1.165, 1.54) is 24.3 Å². The van der Waals surface area contributed by atoms with Crippen LogP contribution >= 0.6 is 0 Å². The fourth-order valence-electron chi connectivity index (χ4n) is 4.41. The molecule has 1 aliphatic heterocycles. The van der Waals surface area contributed by atoms with Gasteiger partial charge in [-0.2, -0.15) is 0 Å². The normalized spacial score (nSPS) is 15.9. The summed E-state index contributed by atoms with van der Waals surface area (Å²) in [6.07, 6.45) is 2.72. The number of nitrogens with zero attached hydrogens (tertiary/aromatic N) is 1. The molecule has 182 valence electrons. The van der Waals surface area contributed by atoms with Crippen molar-refractivity contribution in [3.63, 3.8) is 0 Å². The lowest BCUT2D eigenvalue weighted by Gasteiger charge is -2.33. The molecular formula is C28H27F2NO4. The minimum Gasteiger partial charge on any atom is -0.491 e. The van der Waals surface area contributed by atoms with E-state index in [0.29, 0.717) is 23.8 Å². The van der Waals surface area contributed by atoms with Gasteiger partial charge in [-0.25, -0.2) is 8.78 Å². The van der Waals surface area contributed by atoms with Crippen molar-refractivity contribution in [2.75, 3.05) is 26.2 Å². The van der Waals surface area contributed by atoms with Crippen LogP contribution in [0.25, 0.3) is 22.1 Å². The van der Waals surface area contributed by atoms with E-state index in [4.69, 9.17) is 13.9 Å². The standard InChI is InChI=1S/C28H27F2NO4/c29-21-3-8-25(9-4-21)35-26-11-13-31(14-12-26)16-23(32)18-33-24-6-1-19(2-7-24)28-27-10-5-22(30)15-20(27)17-34-28/h1-10,15,17,23,26,32H,11-14,16,18H2/t23-/m1/s1. The maximum Gasteiger partial charge on any atom is 0.141 e. The molecule has 35 heavy (non-hydrogen) atoms. The molecule has 1 atom stereocenters. The lowest BCUT2D eigenvalue weighted by atomic mass is 10.1. The summed E-state index contributed by atoms with van der Waals surface area (Å²) in [4.78, 5) is 2.20. The van der Waals surface area contributed by atoms with E-state index in [0.717, 1.165) is 42.3 Å². The van der Waals surface area contributed by atoms with Gasteiger partial charge in [-0.3, -0.25) is 0 Å². The van der Waals surface area contributed by atoms with E-state index in [1.807, 2.05) is 24.3 Å². The van der Waals surface area contributed by atoms with Crippen molar-refractivity contribution in [1.82, 2.24) is 4.90 Å². The number of furan rings is 1. The summed E-state index contributed by atoms with van der Waals surface area (Å²) in [6.45, 7) is 2.35. The highest BCUT2D eigenvalue weighted by Gasteiger charge is 2.22. The van der Waals surface area contributed by atoms with Gasteiger partial charge in [0.2, 0.25) is 0 Å². The number of halogens is 2. The highest BCUT2D eigenvalue weighted by atomic mass is 19.1. The van der Waals surface area contributed by atoms with Crippen LogP contribution in [0.2, 0.25) is 0 Å². The summed E-state index contributed by atoms with van der Waals surface area (Å²) in [5.74, 6) is 1.44. The fraction of sp³-hybridized carbons (Fsp3) is 0.286. The first-order valence-corrected chi connectivity index (χ1v) is 11.8. The minimum absolute atomic E-state index is 0.0916. The van der Waals surface area contributed by atoms with Crippen LogP contribution in [-0.4, -0.2) is 48.5 Å². The van der Waals surface area contributed by atoms with Crippen LogP contribution in [0.4, 0.5) is 8.78 Å². The smallest absolute Gasteiger partial charge is 0.141 e. The number of hydrogen-bond acceptors (Lipinski definition) is 5. The lowest BCUT2D eigenvalue weighted by molar-refractivity contribution is 0.0401. The second-order valence-corrected chi connectivity index (χ2v) is 8.86. The third-order valence-electron chi connectivity index (χ3n) is 6.24. The number of hydrogen-bond donors (Lipinski definition) is 1. The minimum atomic E-state index is -0.617. The molecule has 0 radical (unpaired) electrons. The molecule has 0 saturated carbocycles. The first kappa shape index (κ1) is 23.3. The van der Waals surface area contributed by atoms with E-state index in [1.54, 1.807) is 24.5 Å². The molecule has 1 aliphatic rings. The van der Waals surface area contributed by atoms with E-state index >= 15 is 0 Å². The third kappa shape index (κ3) is 5.81. The predicted molar refractivity (Wildman–Crippen MR) is 130 cm³/mol. The SMILES string of the molecule is O[C@@H](COc1ccc(-c2occ3cc(F)ccc23)cc1)CN1CCC(Oc2ccc(F)cc2)CC1. The van der Waals surface area contributed by atoms with Crippen molar-refractivity contribution in [1.29, 1.82) is 0 Å². The maximum absolute atomic E-state index is 13.4. The number of ether oxygens (including phenoxy) is 2. The predicted octanol–water partition coefficient (Wildman–Crippen LogP) is 5.66. The molecule has 4 aromatic rings. The molecule has 1 saturated heterocycles. The highest BCUT2D eigenvalue weighted by Crippen LogP contribution is 2.32. The number of rotatable bonds is 8. The average molecular weight is 480 g/mol. The second kappa shape index (κ2) is 10.5. The number of aliphatic hydroxyl groups excluding tert-OH is 1. The van der Waals surface area contributed by atoms with Gasteiger partial charge in [0.25, 0.3) is 0 Å². The number of fused-ring (bicyclic) bond motifs is 1. The first-order valence-electron chi connectivity index (χ1n) is 11.8. The van der Waals surface area contributed by atoms with Crippen LogP contribution in [0, 0.1) is 11.6 Å². The molecule has 2 heterocycles. The number of likely N-dealkylation sites (tertiary alicyclic amines) is 1. The topological polar surface area (TPSA) is 55.1 Å². The van der Waals surface area contributed by atoms with Crippen molar-refractivity contribution in [2.45, 2.75) is 25.0 Å². The fourth-order valence-corrected chi connectivity index (χ4v) is 4.41. The Bertz CT molecular complexity index is 1250. The van der Waals surface area contributed by atoms with E-state index in [9.17, 15) is 13.9 Å². The van der Waals surface area contributed by atoms with Crippen molar-refractivity contribution in [3.05, 3.63) is 84.6 Å². The Hall–Kier alpha value is -3.42. The van der Waals surface area contributed by atoms with Gasteiger partial charge in [0.05, 0.1) is 6.26 Å². The number of piperidine rings is 1. The van der Waals surface area contributed by atoms with Gasteiger partial charge in [0, 0.05) is 36.0 Å². The van der Waals surface area contributed by atoms with Crippen molar-refractivity contribution in [2.24, 2.45) is 0 Å². The summed E-state index contributed by atoms with van der Waals surface area (Å²) in [5, 5.41) is 12.0. The van der Waals surface area contributed by atoms with E-state index in [2.05, 4.69) is 4.90 Å². The molecule has 1 N–H and O–H groups in total. The molecule has 1 fully saturated rings. The molecule has 5 nitrogen and oxygen atoms in total. The van der Waals surface area contributed by atoms with Crippen LogP contribution in [0.1, 0.15) is 12.8 Å². The van der Waals surface area contributed by atoms with E-state index < -0.39 is 6.10 Å². The molecule has 7 heteroatoms. The zero-order valence-corrected chi connectivity index (χ0v) is 19.2. The molecule has 0 spiro atoms. The van der Waals surface area contributed by atoms with Crippen LogP contribution in [0.5, 0.6) is 11.5 Å². The second-order valence-electron chi connectivity index (χ2n) is 8.86.